The van der Waals surface area contributed by atoms with E-state index in [0.717, 1.165) is 5.56 Å². The third-order valence-electron chi connectivity index (χ3n) is 3.08. The van der Waals surface area contributed by atoms with E-state index in [-0.39, 0.29) is 5.82 Å². The minimum Gasteiger partial charge on any atom is -0.334 e. The van der Waals surface area contributed by atoms with Crippen LogP contribution in [0.1, 0.15) is 5.56 Å². The maximum atomic E-state index is 13.5. The number of nitrogens with zero attached hydrogens (tertiary/aromatic N) is 3. The molecule has 3 rings (SSSR count). The van der Waals surface area contributed by atoms with Crippen molar-refractivity contribution in [1.82, 2.24) is 14.8 Å². The number of aromatic nitrogens is 3. The second-order valence-electron chi connectivity index (χ2n) is 4.71. The molecule has 0 fully saturated rings. The van der Waals surface area contributed by atoms with Gasteiger partial charge in [0.05, 0.1) is 6.54 Å². The van der Waals surface area contributed by atoms with Crippen molar-refractivity contribution in [2.75, 3.05) is 5.32 Å². The Balaban J connectivity index is 1.83. The number of halogens is 4. The minimum absolute atomic E-state index is 0.0451. The first-order chi connectivity index (χ1) is 11.0. The van der Waals surface area contributed by atoms with E-state index in [1.807, 2.05) is 30.3 Å². The van der Waals surface area contributed by atoms with Gasteiger partial charge in [0.15, 0.2) is 5.82 Å². The van der Waals surface area contributed by atoms with Gasteiger partial charge >= 0.3 is 0 Å². The maximum Gasteiger partial charge on any atom is 0.253 e. The Morgan fingerprint density at radius 1 is 0.913 bits per heavy atom. The van der Waals surface area contributed by atoms with Crippen molar-refractivity contribution in [1.29, 1.82) is 0 Å². The molecule has 0 radical (unpaired) electrons. The van der Waals surface area contributed by atoms with E-state index in [4.69, 9.17) is 0 Å². The van der Waals surface area contributed by atoms with Crippen LogP contribution in [-0.4, -0.2) is 14.8 Å². The third kappa shape index (κ3) is 3.15. The Labute approximate surface area is 128 Å². The lowest BCUT2D eigenvalue weighted by atomic mass is 10.2. The maximum absolute atomic E-state index is 13.5. The van der Waals surface area contributed by atoms with Gasteiger partial charge in [-0.2, -0.15) is 27.6 Å². The van der Waals surface area contributed by atoms with Gasteiger partial charge < -0.3 is 5.32 Å². The summed E-state index contributed by atoms with van der Waals surface area (Å²) >= 11 is 0. The number of hydrogen-bond donors (Lipinski definition) is 1. The Morgan fingerprint density at radius 2 is 1.57 bits per heavy atom. The van der Waals surface area contributed by atoms with Crippen LogP contribution in [0.2, 0.25) is 0 Å². The SMILES string of the molecule is Fc1nc(F)c(F)c(Nc2ccn(Cc3ccccc3)n2)c1F. The summed E-state index contributed by atoms with van der Waals surface area (Å²) in [6.45, 7) is 0.437. The van der Waals surface area contributed by atoms with Gasteiger partial charge in [-0.15, -0.1) is 0 Å². The van der Waals surface area contributed by atoms with Gasteiger partial charge in [-0.05, 0) is 5.56 Å². The topological polar surface area (TPSA) is 42.7 Å². The van der Waals surface area contributed by atoms with Crippen LogP contribution in [0.25, 0.3) is 0 Å². The summed E-state index contributed by atoms with van der Waals surface area (Å²) in [6, 6.07) is 10.8. The van der Waals surface area contributed by atoms with Crippen LogP contribution in [-0.2, 0) is 6.54 Å². The van der Waals surface area contributed by atoms with E-state index >= 15 is 0 Å². The predicted octanol–water partition coefficient (Wildman–Crippen LogP) is 3.63. The number of nitrogens with one attached hydrogen (secondary N) is 1. The lowest BCUT2D eigenvalue weighted by Crippen LogP contribution is -2.07. The van der Waals surface area contributed by atoms with Crippen LogP contribution >= 0.6 is 0 Å². The van der Waals surface area contributed by atoms with Crippen molar-refractivity contribution in [3.05, 3.63) is 71.7 Å². The largest absolute Gasteiger partial charge is 0.334 e. The van der Waals surface area contributed by atoms with Crippen LogP contribution in [0, 0.1) is 23.5 Å². The average molecular weight is 322 g/mol. The molecule has 23 heavy (non-hydrogen) atoms. The molecule has 0 spiro atoms. The molecule has 0 atom stereocenters. The highest BCUT2D eigenvalue weighted by Gasteiger charge is 2.21. The van der Waals surface area contributed by atoms with Gasteiger partial charge in [-0.25, -0.2) is 0 Å². The van der Waals surface area contributed by atoms with Gasteiger partial charge in [0, 0.05) is 12.3 Å². The normalized spacial score (nSPS) is 10.8. The second-order valence-corrected chi connectivity index (χ2v) is 4.71. The molecule has 0 saturated carbocycles. The number of anilines is 2. The number of benzene rings is 1. The number of hydrogen-bond acceptors (Lipinski definition) is 3. The lowest BCUT2D eigenvalue weighted by molar-refractivity contribution is 0.411. The molecule has 0 bridgehead atoms. The summed E-state index contributed by atoms with van der Waals surface area (Å²) in [4.78, 5) is 2.49. The predicted molar refractivity (Wildman–Crippen MR) is 75.1 cm³/mol. The standard InChI is InChI=1S/C15H10F4N4/c16-11-13(12(17)15(19)21-14(11)18)20-10-6-7-23(22-10)8-9-4-2-1-3-5-9/h1-7H,8H2,(H,20,21,22). The van der Waals surface area contributed by atoms with Crippen LogP contribution in [0.3, 0.4) is 0 Å². The van der Waals surface area contributed by atoms with Crippen molar-refractivity contribution in [3.63, 3.8) is 0 Å². The molecule has 0 unspecified atom stereocenters. The summed E-state index contributed by atoms with van der Waals surface area (Å²) in [5.41, 5.74) is 0.000437. The Bertz CT molecular complexity index is 807. The van der Waals surface area contributed by atoms with Crippen molar-refractivity contribution in [2.24, 2.45) is 0 Å². The molecule has 118 valence electrons. The van der Waals surface area contributed by atoms with E-state index in [1.54, 1.807) is 6.20 Å². The lowest BCUT2D eigenvalue weighted by Gasteiger charge is -2.07. The van der Waals surface area contributed by atoms with Crippen LogP contribution in [0.15, 0.2) is 42.6 Å². The monoisotopic (exact) mass is 322 g/mol. The second kappa shape index (κ2) is 6.07. The quantitative estimate of drug-likeness (QED) is 0.589. The van der Waals surface area contributed by atoms with Crippen LogP contribution < -0.4 is 5.32 Å². The first-order valence-corrected chi connectivity index (χ1v) is 6.59. The summed E-state index contributed by atoms with van der Waals surface area (Å²) in [7, 11) is 0. The molecule has 0 amide bonds. The molecule has 8 heteroatoms. The molecule has 0 saturated heterocycles. The Morgan fingerprint density at radius 3 is 2.22 bits per heavy atom. The Kier molecular flexibility index (Phi) is 3.96. The first kappa shape index (κ1) is 15.0. The number of rotatable bonds is 4. The summed E-state index contributed by atoms with van der Waals surface area (Å²) in [5, 5.41) is 6.28. The molecule has 1 N–H and O–H groups in total. The summed E-state index contributed by atoms with van der Waals surface area (Å²) in [6.07, 6.45) is 1.57. The Hall–Kier alpha value is -2.90. The molecule has 1 aromatic carbocycles. The zero-order valence-corrected chi connectivity index (χ0v) is 11.6. The molecule has 4 nitrogen and oxygen atoms in total. The van der Waals surface area contributed by atoms with Crippen molar-refractivity contribution < 1.29 is 17.6 Å². The highest BCUT2D eigenvalue weighted by atomic mass is 19.2. The minimum atomic E-state index is -1.73. The highest BCUT2D eigenvalue weighted by molar-refractivity contribution is 5.56. The zero-order chi connectivity index (χ0) is 16.4. The fraction of sp³-hybridized carbons (Fsp3) is 0.0667. The molecular weight excluding hydrogens is 312 g/mol. The summed E-state index contributed by atoms with van der Waals surface area (Å²) < 4.78 is 54.7. The molecular formula is C15H10F4N4. The van der Waals surface area contributed by atoms with Crippen molar-refractivity contribution >= 4 is 11.5 Å². The number of pyridine rings is 1. The van der Waals surface area contributed by atoms with Gasteiger partial charge in [-0.3, -0.25) is 4.68 Å². The van der Waals surface area contributed by atoms with E-state index in [1.165, 1.54) is 10.7 Å². The van der Waals surface area contributed by atoms with E-state index in [9.17, 15) is 17.6 Å². The van der Waals surface area contributed by atoms with Gasteiger partial charge in [0.2, 0.25) is 11.6 Å². The molecule has 3 aromatic rings. The highest BCUT2D eigenvalue weighted by Crippen LogP contribution is 2.25. The van der Waals surface area contributed by atoms with Crippen LogP contribution in [0.4, 0.5) is 29.1 Å². The van der Waals surface area contributed by atoms with Gasteiger partial charge in [-0.1, -0.05) is 30.3 Å². The fourth-order valence-corrected chi connectivity index (χ4v) is 2.01. The molecule has 2 heterocycles. The smallest absolute Gasteiger partial charge is 0.253 e. The van der Waals surface area contributed by atoms with Gasteiger partial charge in [0.25, 0.3) is 11.9 Å². The molecule has 2 aromatic heterocycles. The average Bonchev–Trinajstić information content (AvgIpc) is 2.98. The van der Waals surface area contributed by atoms with Crippen molar-refractivity contribution in [3.8, 4) is 0 Å². The first-order valence-electron chi connectivity index (χ1n) is 6.59. The molecule has 0 aliphatic carbocycles. The zero-order valence-electron chi connectivity index (χ0n) is 11.6. The van der Waals surface area contributed by atoms with E-state index in [2.05, 4.69) is 15.4 Å². The van der Waals surface area contributed by atoms with Gasteiger partial charge in [0.1, 0.15) is 5.69 Å². The third-order valence-corrected chi connectivity index (χ3v) is 3.08. The van der Waals surface area contributed by atoms with Crippen molar-refractivity contribution in [2.45, 2.75) is 6.54 Å². The van der Waals surface area contributed by atoms with Crippen LogP contribution in [0.5, 0.6) is 0 Å². The van der Waals surface area contributed by atoms with E-state index in [0.29, 0.717) is 6.54 Å². The fourth-order valence-electron chi connectivity index (χ4n) is 2.01. The molecule has 0 aliphatic heterocycles. The summed E-state index contributed by atoms with van der Waals surface area (Å²) in [5.74, 6) is -6.63. The molecule has 0 aliphatic rings. The van der Waals surface area contributed by atoms with E-state index < -0.39 is 29.2 Å².